The third kappa shape index (κ3) is 5.93. The lowest BCUT2D eigenvalue weighted by atomic mass is 10.00. The van der Waals surface area contributed by atoms with Gasteiger partial charge in [0.2, 0.25) is 5.91 Å². The van der Waals surface area contributed by atoms with Crippen LogP contribution in [-0.2, 0) is 17.8 Å². The highest BCUT2D eigenvalue weighted by molar-refractivity contribution is 6.30. The second-order valence-corrected chi connectivity index (χ2v) is 8.84. The quantitative estimate of drug-likeness (QED) is 0.525. The Balaban J connectivity index is 1.52. The zero-order valence-electron chi connectivity index (χ0n) is 18.7. The van der Waals surface area contributed by atoms with Gasteiger partial charge in [-0.25, -0.2) is 0 Å². The number of benzene rings is 3. The number of piperazine rings is 1. The third-order valence-electron chi connectivity index (χ3n) is 6.18. The first-order chi connectivity index (χ1) is 16.0. The van der Waals surface area contributed by atoms with Crippen molar-refractivity contribution in [3.63, 3.8) is 0 Å². The molecule has 1 unspecified atom stereocenters. The minimum absolute atomic E-state index is 0.0156. The Hall–Kier alpha value is -2.86. The van der Waals surface area contributed by atoms with Crippen LogP contribution in [0.1, 0.15) is 29.3 Å². The molecular formula is C27H29ClN2O3. The zero-order valence-corrected chi connectivity index (χ0v) is 19.5. The first kappa shape index (κ1) is 23.3. The number of hydrogen-bond donors (Lipinski definition) is 1. The molecule has 2 atom stereocenters. The second-order valence-electron chi connectivity index (χ2n) is 8.40. The summed E-state index contributed by atoms with van der Waals surface area (Å²) in [5, 5.41) is 11.7. The van der Waals surface area contributed by atoms with Crippen molar-refractivity contribution in [3.8, 4) is 5.75 Å². The molecule has 1 aliphatic heterocycles. The summed E-state index contributed by atoms with van der Waals surface area (Å²) >= 11 is 6.04. The number of amides is 1. The van der Waals surface area contributed by atoms with Gasteiger partial charge in [-0.05, 0) is 53.8 Å². The Morgan fingerprint density at radius 2 is 1.70 bits per heavy atom. The van der Waals surface area contributed by atoms with E-state index in [1.807, 2.05) is 76.5 Å². The summed E-state index contributed by atoms with van der Waals surface area (Å²) in [5.41, 5.74) is 3.03. The van der Waals surface area contributed by atoms with Crippen LogP contribution in [0.3, 0.4) is 0 Å². The van der Waals surface area contributed by atoms with Crippen molar-refractivity contribution in [2.45, 2.75) is 31.7 Å². The number of hydrogen-bond acceptors (Lipinski definition) is 4. The van der Waals surface area contributed by atoms with E-state index in [1.165, 1.54) is 5.56 Å². The van der Waals surface area contributed by atoms with E-state index in [4.69, 9.17) is 16.3 Å². The molecule has 33 heavy (non-hydrogen) atoms. The fraction of sp³-hybridized carbons (Fsp3) is 0.296. The molecule has 6 heteroatoms. The van der Waals surface area contributed by atoms with E-state index in [0.29, 0.717) is 18.1 Å². The van der Waals surface area contributed by atoms with Gasteiger partial charge in [0.05, 0.1) is 13.7 Å². The fourth-order valence-electron chi connectivity index (χ4n) is 4.30. The standard InChI is InChI=1S/C27H29ClN2O3/c1-33-25-15-10-22(11-16-25)27(32)29-18-24(14-9-20-5-3-2-4-6-20)30(26(31)19-29)17-21-7-12-23(28)13-8-21/h2-8,10-13,15-16,24,27,32H,9,14,17-19H2,1H3/t24-,27?/m0/s1. The van der Waals surface area contributed by atoms with E-state index in [2.05, 4.69) is 12.1 Å². The third-order valence-corrected chi connectivity index (χ3v) is 6.43. The molecule has 5 nitrogen and oxygen atoms in total. The summed E-state index contributed by atoms with van der Waals surface area (Å²) in [6, 6.07) is 25.2. The minimum atomic E-state index is -0.850. The average molecular weight is 465 g/mol. The van der Waals surface area contributed by atoms with Gasteiger partial charge in [0.15, 0.2) is 0 Å². The fourth-order valence-corrected chi connectivity index (χ4v) is 4.43. The van der Waals surface area contributed by atoms with Gasteiger partial charge >= 0.3 is 0 Å². The highest BCUT2D eigenvalue weighted by Gasteiger charge is 2.35. The van der Waals surface area contributed by atoms with E-state index in [9.17, 15) is 9.90 Å². The highest BCUT2D eigenvalue weighted by atomic mass is 35.5. The van der Waals surface area contributed by atoms with Crippen molar-refractivity contribution in [3.05, 3.63) is 101 Å². The maximum absolute atomic E-state index is 13.3. The number of aliphatic hydroxyl groups excluding tert-OH is 1. The van der Waals surface area contributed by atoms with Crippen LogP contribution in [0.4, 0.5) is 0 Å². The molecule has 0 aliphatic carbocycles. The molecule has 3 aromatic rings. The Bertz CT molecular complexity index is 1040. The van der Waals surface area contributed by atoms with Crippen LogP contribution in [-0.4, -0.2) is 47.1 Å². The van der Waals surface area contributed by atoms with Crippen molar-refractivity contribution >= 4 is 17.5 Å². The number of nitrogens with zero attached hydrogens (tertiary/aromatic N) is 2. The van der Waals surface area contributed by atoms with Crippen molar-refractivity contribution < 1.29 is 14.6 Å². The second kappa shape index (κ2) is 10.8. The number of carbonyl (C=O) groups excluding carboxylic acids is 1. The van der Waals surface area contributed by atoms with E-state index >= 15 is 0 Å². The van der Waals surface area contributed by atoms with E-state index in [-0.39, 0.29) is 18.5 Å². The van der Waals surface area contributed by atoms with E-state index < -0.39 is 6.23 Å². The Morgan fingerprint density at radius 1 is 1.00 bits per heavy atom. The molecule has 1 saturated heterocycles. The van der Waals surface area contributed by atoms with Gasteiger partial charge < -0.3 is 14.7 Å². The van der Waals surface area contributed by atoms with Gasteiger partial charge in [-0.2, -0.15) is 0 Å². The van der Waals surface area contributed by atoms with Crippen LogP contribution in [0.25, 0.3) is 0 Å². The van der Waals surface area contributed by atoms with Crippen LogP contribution in [0.15, 0.2) is 78.9 Å². The highest BCUT2D eigenvalue weighted by Crippen LogP contribution is 2.27. The van der Waals surface area contributed by atoms with Crippen molar-refractivity contribution in [2.75, 3.05) is 20.2 Å². The SMILES string of the molecule is COc1ccc(C(O)N2CC(=O)N(Cc3ccc(Cl)cc3)[C@@H](CCc3ccccc3)C2)cc1. The smallest absolute Gasteiger partial charge is 0.237 e. The lowest BCUT2D eigenvalue weighted by molar-refractivity contribution is -0.147. The molecule has 0 saturated carbocycles. The van der Waals surface area contributed by atoms with Gasteiger partial charge in [-0.1, -0.05) is 66.2 Å². The molecule has 1 N–H and O–H groups in total. The van der Waals surface area contributed by atoms with Crippen molar-refractivity contribution in [1.82, 2.24) is 9.80 Å². The van der Waals surface area contributed by atoms with E-state index in [0.717, 1.165) is 29.7 Å². The van der Waals surface area contributed by atoms with Gasteiger partial charge in [0.1, 0.15) is 12.0 Å². The molecule has 0 bridgehead atoms. The molecule has 0 aromatic heterocycles. The number of carbonyl (C=O) groups is 1. The molecule has 4 rings (SSSR count). The molecule has 1 heterocycles. The van der Waals surface area contributed by atoms with Gasteiger partial charge in [0, 0.05) is 24.2 Å². The maximum Gasteiger partial charge on any atom is 0.237 e. The monoisotopic (exact) mass is 464 g/mol. The lowest BCUT2D eigenvalue weighted by Crippen LogP contribution is -2.56. The topological polar surface area (TPSA) is 53.0 Å². The number of rotatable bonds is 8. The van der Waals surface area contributed by atoms with Crippen LogP contribution in [0.5, 0.6) is 5.75 Å². The van der Waals surface area contributed by atoms with Crippen LogP contribution < -0.4 is 4.74 Å². The number of halogens is 1. The molecule has 3 aromatic carbocycles. The molecule has 172 valence electrons. The van der Waals surface area contributed by atoms with Crippen molar-refractivity contribution in [1.29, 1.82) is 0 Å². The molecular weight excluding hydrogens is 436 g/mol. The largest absolute Gasteiger partial charge is 0.497 e. The molecule has 1 fully saturated rings. The minimum Gasteiger partial charge on any atom is -0.497 e. The first-order valence-corrected chi connectivity index (χ1v) is 11.5. The summed E-state index contributed by atoms with van der Waals surface area (Å²) in [6.07, 6.45) is 0.828. The van der Waals surface area contributed by atoms with Crippen LogP contribution >= 0.6 is 11.6 Å². The Labute approximate surface area is 200 Å². The maximum atomic E-state index is 13.3. The summed E-state index contributed by atoms with van der Waals surface area (Å²) in [6.45, 7) is 1.30. The summed E-state index contributed by atoms with van der Waals surface area (Å²) in [7, 11) is 1.61. The van der Waals surface area contributed by atoms with Crippen LogP contribution in [0, 0.1) is 0 Å². The number of aryl methyl sites for hydroxylation is 1. The number of methoxy groups -OCH3 is 1. The average Bonchev–Trinajstić information content (AvgIpc) is 2.85. The van der Waals surface area contributed by atoms with Gasteiger partial charge in [-0.15, -0.1) is 0 Å². The lowest BCUT2D eigenvalue weighted by Gasteiger charge is -2.43. The van der Waals surface area contributed by atoms with Crippen molar-refractivity contribution in [2.24, 2.45) is 0 Å². The Morgan fingerprint density at radius 3 is 2.36 bits per heavy atom. The molecule has 1 amide bonds. The zero-order chi connectivity index (χ0) is 23.2. The summed E-state index contributed by atoms with van der Waals surface area (Å²) in [4.78, 5) is 17.1. The molecule has 0 radical (unpaired) electrons. The van der Waals surface area contributed by atoms with Gasteiger partial charge in [-0.3, -0.25) is 9.69 Å². The summed E-state index contributed by atoms with van der Waals surface area (Å²) in [5.74, 6) is 0.748. The van der Waals surface area contributed by atoms with E-state index in [1.54, 1.807) is 7.11 Å². The normalized spacial score (nSPS) is 17.7. The molecule has 0 spiro atoms. The van der Waals surface area contributed by atoms with Crippen LogP contribution in [0.2, 0.25) is 5.02 Å². The molecule has 1 aliphatic rings. The predicted molar refractivity (Wildman–Crippen MR) is 130 cm³/mol. The first-order valence-electron chi connectivity index (χ1n) is 11.2. The summed E-state index contributed by atoms with van der Waals surface area (Å²) < 4.78 is 5.22. The Kier molecular flexibility index (Phi) is 7.65. The number of ether oxygens (including phenoxy) is 1. The van der Waals surface area contributed by atoms with Gasteiger partial charge in [0.25, 0.3) is 0 Å². The number of aliphatic hydroxyl groups is 1. The predicted octanol–water partition coefficient (Wildman–Crippen LogP) is 4.69.